The molecule has 1 aliphatic rings. The van der Waals surface area contributed by atoms with Crippen LogP contribution >= 0.6 is 0 Å². The Hall–Kier alpha value is -0.700. The van der Waals surface area contributed by atoms with Gasteiger partial charge in [-0.05, 0) is 6.92 Å². The average molecular weight is 116 g/mol. The molecular weight excluding hydrogens is 108 g/mol. The third-order valence-corrected chi connectivity index (χ3v) is 1.04. The number of aliphatic hydroxyl groups is 1. The molecule has 0 atom stereocenters. The van der Waals surface area contributed by atoms with Crippen molar-refractivity contribution in [1.82, 2.24) is 0 Å². The second-order valence-electron chi connectivity index (χ2n) is 1.54. The monoisotopic (exact) mass is 116 g/mol. The molecule has 0 radical (unpaired) electrons. The van der Waals surface area contributed by atoms with Gasteiger partial charge in [-0.2, -0.15) is 0 Å². The second-order valence-corrected chi connectivity index (χ2v) is 1.54. The van der Waals surface area contributed by atoms with Gasteiger partial charge in [-0.15, -0.1) is 0 Å². The molecule has 0 aliphatic carbocycles. The highest BCUT2D eigenvalue weighted by atomic mass is 16.7. The molecule has 0 aromatic rings. The first-order valence-corrected chi connectivity index (χ1v) is 2.41. The fourth-order valence-corrected chi connectivity index (χ4v) is 0.528. The predicted molar refractivity (Wildman–Crippen MR) is 26.8 cm³/mol. The van der Waals surface area contributed by atoms with Crippen LogP contribution in [-0.2, 0) is 9.47 Å². The maximum absolute atomic E-state index is 8.47. The van der Waals surface area contributed by atoms with Crippen molar-refractivity contribution >= 4 is 0 Å². The molecule has 0 aromatic carbocycles. The summed E-state index contributed by atoms with van der Waals surface area (Å²) in [4.78, 5) is 0. The molecule has 3 nitrogen and oxygen atoms in total. The van der Waals surface area contributed by atoms with Crippen LogP contribution in [0.5, 0.6) is 0 Å². The molecule has 0 amide bonds. The second kappa shape index (κ2) is 2.05. The van der Waals surface area contributed by atoms with Crippen molar-refractivity contribution in [2.75, 3.05) is 13.4 Å². The fourth-order valence-electron chi connectivity index (χ4n) is 0.528. The van der Waals surface area contributed by atoms with Crippen LogP contribution in [-0.4, -0.2) is 18.5 Å². The molecule has 1 rings (SSSR count). The third kappa shape index (κ3) is 0.767. The summed E-state index contributed by atoms with van der Waals surface area (Å²) in [6.07, 6.45) is 0. The number of hydrogen-bond acceptors (Lipinski definition) is 3. The molecule has 8 heavy (non-hydrogen) atoms. The fraction of sp³-hybridized carbons (Fsp3) is 0.600. The van der Waals surface area contributed by atoms with Crippen molar-refractivity contribution in [3.8, 4) is 0 Å². The average Bonchev–Trinajstić information content (AvgIpc) is 2.14. The van der Waals surface area contributed by atoms with Crippen LogP contribution in [0.15, 0.2) is 11.5 Å². The number of rotatable bonds is 1. The topological polar surface area (TPSA) is 38.7 Å². The molecule has 0 saturated heterocycles. The van der Waals surface area contributed by atoms with E-state index in [1.54, 1.807) is 6.92 Å². The van der Waals surface area contributed by atoms with E-state index in [9.17, 15) is 0 Å². The minimum absolute atomic E-state index is 0.0637. The van der Waals surface area contributed by atoms with Gasteiger partial charge in [-0.3, -0.25) is 0 Å². The molecule has 1 heterocycles. The van der Waals surface area contributed by atoms with E-state index in [4.69, 9.17) is 14.6 Å². The molecule has 3 heteroatoms. The Morgan fingerprint density at radius 1 is 1.62 bits per heavy atom. The zero-order chi connectivity index (χ0) is 5.98. The predicted octanol–water partition coefficient (Wildman–Crippen LogP) is 0.215. The minimum Gasteiger partial charge on any atom is -0.459 e. The summed E-state index contributed by atoms with van der Waals surface area (Å²) in [7, 11) is 0. The minimum atomic E-state index is -0.0637. The Kier molecular flexibility index (Phi) is 1.39. The van der Waals surface area contributed by atoms with Crippen molar-refractivity contribution in [3.05, 3.63) is 11.5 Å². The van der Waals surface area contributed by atoms with Gasteiger partial charge in [-0.1, -0.05) is 0 Å². The standard InChI is InChI=1S/C5H8O3/c1-4-5(2-6)8-3-7-4/h6H,2-3H2,1H3. The lowest BCUT2D eigenvalue weighted by atomic mass is 10.4. The van der Waals surface area contributed by atoms with Gasteiger partial charge in [0.25, 0.3) is 0 Å². The van der Waals surface area contributed by atoms with Crippen LogP contribution < -0.4 is 0 Å². The van der Waals surface area contributed by atoms with Crippen molar-refractivity contribution in [1.29, 1.82) is 0 Å². The number of allylic oxidation sites excluding steroid dienone is 1. The Labute approximate surface area is 47.5 Å². The van der Waals surface area contributed by atoms with E-state index in [1.165, 1.54) is 0 Å². The van der Waals surface area contributed by atoms with Crippen LogP contribution in [0.1, 0.15) is 6.92 Å². The summed E-state index contributed by atoms with van der Waals surface area (Å²) in [6, 6.07) is 0. The highest BCUT2D eigenvalue weighted by molar-refractivity contribution is 5.00. The first kappa shape index (κ1) is 5.44. The van der Waals surface area contributed by atoms with E-state index in [-0.39, 0.29) is 13.4 Å². The normalized spacial score (nSPS) is 18.2. The quantitative estimate of drug-likeness (QED) is 0.532. The lowest BCUT2D eigenvalue weighted by molar-refractivity contribution is 0.0624. The van der Waals surface area contributed by atoms with Gasteiger partial charge in [0.05, 0.1) is 0 Å². The van der Waals surface area contributed by atoms with Gasteiger partial charge in [0.1, 0.15) is 12.4 Å². The smallest absolute Gasteiger partial charge is 0.230 e. The van der Waals surface area contributed by atoms with Crippen LogP contribution in [0.2, 0.25) is 0 Å². The zero-order valence-electron chi connectivity index (χ0n) is 4.68. The highest BCUT2D eigenvalue weighted by Gasteiger charge is 2.10. The molecule has 46 valence electrons. The van der Waals surface area contributed by atoms with Gasteiger partial charge in [-0.25, -0.2) is 0 Å². The maximum atomic E-state index is 8.47. The van der Waals surface area contributed by atoms with E-state index in [0.29, 0.717) is 11.5 Å². The molecule has 1 aliphatic heterocycles. The summed E-state index contributed by atoms with van der Waals surface area (Å²) in [5.41, 5.74) is 0. The third-order valence-electron chi connectivity index (χ3n) is 1.04. The summed E-state index contributed by atoms with van der Waals surface area (Å²) in [5.74, 6) is 1.23. The van der Waals surface area contributed by atoms with Crippen LogP contribution in [0.4, 0.5) is 0 Å². The van der Waals surface area contributed by atoms with Gasteiger partial charge in [0.15, 0.2) is 5.76 Å². The summed E-state index contributed by atoms with van der Waals surface area (Å²) in [5, 5.41) is 8.47. The van der Waals surface area contributed by atoms with Crippen LogP contribution in [0.25, 0.3) is 0 Å². The molecule has 0 aromatic heterocycles. The number of aliphatic hydroxyl groups excluding tert-OH is 1. The lowest BCUT2D eigenvalue weighted by Gasteiger charge is -1.91. The van der Waals surface area contributed by atoms with Crippen LogP contribution in [0, 0.1) is 0 Å². The maximum Gasteiger partial charge on any atom is 0.230 e. The first-order chi connectivity index (χ1) is 3.84. The van der Waals surface area contributed by atoms with E-state index >= 15 is 0 Å². The largest absolute Gasteiger partial charge is 0.459 e. The molecular formula is C5H8O3. The Balaban J connectivity index is 2.58. The SMILES string of the molecule is CC1=C(CO)OCO1. The van der Waals surface area contributed by atoms with Crippen molar-refractivity contribution < 1.29 is 14.6 Å². The van der Waals surface area contributed by atoms with Gasteiger partial charge in [0, 0.05) is 0 Å². The molecule has 0 bridgehead atoms. The number of hydrogen-bond donors (Lipinski definition) is 1. The molecule has 0 unspecified atom stereocenters. The summed E-state index contributed by atoms with van der Waals surface area (Å²) in [6.45, 7) is 1.95. The van der Waals surface area contributed by atoms with Crippen molar-refractivity contribution in [3.63, 3.8) is 0 Å². The van der Waals surface area contributed by atoms with Crippen molar-refractivity contribution in [2.45, 2.75) is 6.92 Å². The van der Waals surface area contributed by atoms with E-state index in [0.717, 1.165) is 0 Å². The van der Waals surface area contributed by atoms with Crippen LogP contribution in [0.3, 0.4) is 0 Å². The number of ether oxygens (including phenoxy) is 2. The van der Waals surface area contributed by atoms with Crippen molar-refractivity contribution in [2.24, 2.45) is 0 Å². The first-order valence-electron chi connectivity index (χ1n) is 2.41. The van der Waals surface area contributed by atoms with E-state index in [1.807, 2.05) is 0 Å². The molecule has 0 fully saturated rings. The lowest BCUT2D eigenvalue weighted by Crippen LogP contribution is -1.90. The molecule has 0 spiro atoms. The molecule has 1 N–H and O–H groups in total. The Morgan fingerprint density at radius 3 is 2.62 bits per heavy atom. The Bertz CT molecular complexity index is 117. The molecule has 0 saturated carbocycles. The Morgan fingerprint density at radius 2 is 2.38 bits per heavy atom. The summed E-state index contributed by atoms with van der Waals surface area (Å²) < 4.78 is 9.68. The summed E-state index contributed by atoms with van der Waals surface area (Å²) >= 11 is 0. The van der Waals surface area contributed by atoms with Gasteiger partial charge >= 0.3 is 0 Å². The highest BCUT2D eigenvalue weighted by Crippen LogP contribution is 2.13. The van der Waals surface area contributed by atoms with E-state index in [2.05, 4.69) is 0 Å². The van der Waals surface area contributed by atoms with Gasteiger partial charge < -0.3 is 14.6 Å². The van der Waals surface area contributed by atoms with E-state index < -0.39 is 0 Å². The van der Waals surface area contributed by atoms with Gasteiger partial charge in [0.2, 0.25) is 6.79 Å². The zero-order valence-corrected chi connectivity index (χ0v) is 4.68.